The van der Waals surface area contributed by atoms with E-state index in [1.165, 1.54) is 5.56 Å². The quantitative estimate of drug-likeness (QED) is 0.445. The van der Waals surface area contributed by atoms with Crippen molar-refractivity contribution in [2.75, 3.05) is 12.0 Å². The Kier molecular flexibility index (Phi) is 14.7. The van der Waals surface area contributed by atoms with Crippen molar-refractivity contribution in [3.8, 4) is 0 Å². The molecule has 140 valence electrons. The third kappa shape index (κ3) is 12.6. The lowest BCUT2D eigenvalue weighted by molar-refractivity contribution is 0.927. The molecule has 0 fully saturated rings. The molecule has 0 aliphatic heterocycles. The number of aryl methyl sites for hydroxylation is 1. The molecule has 0 unspecified atom stereocenters. The van der Waals surface area contributed by atoms with Gasteiger partial charge < -0.3 is 16.6 Å². The first-order valence-electron chi connectivity index (χ1n) is 8.86. The van der Waals surface area contributed by atoms with Crippen LogP contribution in [0.1, 0.15) is 35.1 Å². The molecule has 1 aromatic rings. The summed E-state index contributed by atoms with van der Waals surface area (Å²) in [7, 11) is 0. The van der Waals surface area contributed by atoms with Crippen molar-refractivity contribution in [1.82, 2.24) is 5.43 Å². The van der Waals surface area contributed by atoms with Crippen LogP contribution < -0.4 is 16.6 Å². The molecule has 0 saturated carbocycles. The summed E-state index contributed by atoms with van der Waals surface area (Å²) in [6.45, 7) is 10.2. The first-order valence-corrected chi connectivity index (χ1v) is 8.86. The van der Waals surface area contributed by atoms with Crippen LogP contribution in [0.3, 0.4) is 0 Å². The van der Waals surface area contributed by atoms with Crippen LogP contribution in [0, 0.1) is 6.92 Å². The van der Waals surface area contributed by atoms with Crippen molar-refractivity contribution < 1.29 is 2.85 Å². The highest BCUT2D eigenvalue weighted by atomic mass is 15.4. The van der Waals surface area contributed by atoms with Crippen LogP contribution in [0.2, 0.25) is 0 Å². The van der Waals surface area contributed by atoms with Crippen molar-refractivity contribution in [2.45, 2.75) is 33.6 Å². The zero-order valence-corrected chi connectivity index (χ0v) is 15.8. The summed E-state index contributed by atoms with van der Waals surface area (Å²) >= 11 is 0. The van der Waals surface area contributed by atoms with Gasteiger partial charge in [-0.15, -0.1) is 0 Å². The molecule has 0 bridgehead atoms. The molecule has 1 aliphatic carbocycles. The molecule has 2 rings (SSSR count). The summed E-state index contributed by atoms with van der Waals surface area (Å²) in [6.07, 6.45) is 18.0. The molecule has 0 aromatic heterocycles. The molecule has 3 nitrogen and oxygen atoms in total. The van der Waals surface area contributed by atoms with Gasteiger partial charge in [-0.2, -0.15) is 0 Å². The fraction of sp³-hybridized carbons (Fsp3) is 0.273. The average molecular weight is 344 g/mol. The number of benzene rings is 1. The number of hydrogen-bond acceptors (Lipinski definition) is 3. The van der Waals surface area contributed by atoms with Crippen molar-refractivity contribution in [2.24, 2.45) is 5.73 Å². The highest BCUT2D eigenvalue weighted by Crippen LogP contribution is 2.10. The summed E-state index contributed by atoms with van der Waals surface area (Å²) in [5.74, 6) is 0. The van der Waals surface area contributed by atoms with Crippen LogP contribution in [0.15, 0.2) is 85.1 Å². The van der Waals surface area contributed by atoms with Gasteiger partial charge in [0.2, 0.25) is 0 Å². The normalized spacial score (nSPS) is 12.6. The van der Waals surface area contributed by atoms with Gasteiger partial charge in [0.15, 0.2) is 0 Å². The van der Waals surface area contributed by atoms with Gasteiger partial charge in [0.1, 0.15) is 0 Å². The Hall–Kier alpha value is -2.52. The van der Waals surface area contributed by atoms with Crippen LogP contribution in [0.4, 0.5) is 5.69 Å². The maximum atomic E-state index is 5.16. The topological polar surface area (TPSA) is 50.1 Å². The van der Waals surface area contributed by atoms with Crippen LogP contribution in [-0.4, -0.2) is 6.54 Å². The minimum atomic E-state index is 0. The minimum absolute atomic E-state index is 0. The van der Waals surface area contributed by atoms with Gasteiger partial charge in [-0.1, -0.05) is 80.7 Å². The van der Waals surface area contributed by atoms with Gasteiger partial charge in [0.25, 0.3) is 0 Å². The monoisotopic (exact) mass is 343 g/mol. The molecule has 0 atom stereocenters. The second-order valence-electron chi connectivity index (χ2n) is 5.04. The molecule has 25 heavy (non-hydrogen) atoms. The number of anilines is 1. The van der Waals surface area contributed by atoms with Crippen molar-refractivity contribution in [1.29, 1.82) is 0 Å². The van der Waals surface area contributed by atoms with Crippen LogP contribution in [0.25, 0.3) is 0 Å². The maximum Gasteiger partial charge on any atom is 0.0540 e. The summed E-state index contributed by atoms with van der Waals surface area (Å²) in [4.78, 5) is 0. The van der Waals surface area contributed by atoms with E-state index < -0.39 is 0 Å². The Morgan fingerprint density at radius 1 is 1.08 bits per heavy atom. The standard InChI is InChI=1S/C13H16N2.C7H11N.C2H6.2H2/c1-11-7-9-13(10-8-11)15-14-12-5-3-2-4-6-12;1-2-3-4-5-6-7-8;1-2;;/h3,5-10,14-15H,2,4H2,1H3;2-6H,1,7-8H2;1-2H3;2*1H/b;4-3-,6-5-;;;. The predicted octanol–water partition coefficient (Wildman–Crippen LogP) is 5.91. The molecular weight excluding hydrogens is 306 g/mol. The molecule has 0 heterocycles. The second-order valence-corrected chi connectivity index (χ2v) is 5.04. The molecule has 3 heteroatoms. The molecule has 1 aromatic carbocycles. The van der Waals surface area contributed by atoms with E-state index >= 15 is 0 Å². The highest BCUT2D eigenvalue weighted by molar-refractivity contribution is 5.44. The summed E-state index contributed by atoms with van der Waals surface area (Å²) in [6, 6.07) is 8.31. The lowest BCUT2D eigenvalue weighted by atomic mass is 10.1. The van der Waals surface area contributed by atoms with Gasteiger partial charge in [0, 0.05) is 15.1 Å². The van der Waals surface area contributed by atoms with Crippen molar-refractivity contribution in [3.05, 3.63) is 90.7 Å². The number of rotatable bonds is 6. The predicted molar refractivity (Wildman–Crippen MR) is 118 cm³/mol. The number of hydrazine groups is 1. The van der Waals surface area contributed by atoms with E-state index in [2.05, 4.69) is 66.8 Å². The lowest BCUT2D eigenvalue weighted by Gasteiger charge is -2.12. The number of hydrogen-bond donors (Lipinski definition) is 3. The maximum absolute atomic E-state index is 5.16. The Labute approximate surface area is 156 Å². The van der Waals surface area contributed by atoms with Gasteiger partial charge in [-0.25, -0.2) is 0 Å². The van der Waals surface area contributed by atoms with Gasteiger partial charge in [-0.3, -0.25) is 0 Å². The highest BCUT2D eigenvalue weighted by Gasteiger charge is 1.95. The third-order valence-corrected chi connectivity index (χ3v) is 3.03. The Morgan fingerprint density at radius 3 is 2.36 bits per heavy atom. The van der Waals surface area contributed by atoms with E-state index in [1.54, 1.807) is 6.08 Å². The molecular formula is C22H37N3. The van der Waals surface area contributed by atoms with Crippen LogP contribution >= 0.6 is 0 Å². The fourth-order valence-corrected chi connectivity index (χ4v) is 1.79. The third-order valence-electron chi connectivity index (χ3n) is 3.03. The first kappa shape index (κ1) is 22.5. The first-order chi connectivity index (χ1) is 12.3. The van der Waals surface area contributed by atoms with Gasteiger partial charge >= 0.3 is 0 Å². The van der Waals surface area contributed by atoms with E-state index in [0.29, 0.717) is 6.54 Å². The molecule has 4 N–H and O–H groups in total. The van der Waals surface area contributed by atoms with E-state index in [1.807, 2.05) is 38.2 Å². The van der Waals surface area contributed by atoms with Crippen LogP contribution in [0.5, 0.6) is 0 Å². The zero-order chi connectivity index (χ0) is 18.8. The molecule has 0 spiro atoms. The molecule has 0 saturated heterocycles. The average Bonchev–Trinajstić information content (AvgIpc) is 2.68. The van der Waals surface area contributed by atoms with Crippen molar-refractivity contribution >= 4 is 5.69 Å². The van der Waals surface area contributed by atoms with Gasteiger partial charge in [-0.05, 0) is 38.0 Å². The largest absolute Gasteiger partial charge is 0.327 e. The Morgan fingerprint density at radius 2 is 1.80 bits per heavy atom. The Balaban J connectivity index is -0.000000418. The summed E-state index contributed by atoms with van der Waals surface area (Å²) in [5.41, 5.74) is 15.0. The van der Waals surface area contributed by atoms with E-state index in [0.717, 1.165) is 24.2 Å². The molecule has 0 radical (unpaired) electrons. The smallest absolute Gasteiger partial charge is 0.0540 e. The number of nitrogens with one attached hydrogen (secondary N) is 2. The summed E-state index contributed by atoms with van der Waals surface area (Å²) < 4.78 is 0. The fourth-order valence-electron chi connectivity index (χ4n) is 1.79. The van der Waals surface area contributed by atoms with E-state index in [-0.39, 0.29) is 2.85 Å². The van der Waals surface area contributed by atoms with E-state index in [9.17, 15) is 0 Å². The number of allylic oxidation sites excluding steroid dienone is 7. The second kappa shape index (κ2) is 16.3. The molecule has 0 amide bonds. The molecule has 1 aliphatic rings. The lowest BCUT2D eigenvalue weighted by Crippen LogP contribution is -2.20. The van der Waals surface area contributed by atoms with E-state index in [4.69, 9.17) is 5.73 Å². The minimum Gasteiger partial charge on any atom is -0.327 e. The summed E-state index contributed by atoms with van der Waals surface area (Å²) in [5, 5.41) is 0. The van der Waals surface area contributed by atoms with Gasteiger partial charge in [0.05, 0.1) is 5.69 Å². The SMILES string of the molecule is C=C/C=C\C=C/CN.CC.Cc1ccc(NNC2=CCCC=C2)cc1.[HH].[HH]. The number of nitrogens with two attached hydrogens (primary N) is 1. The Bertz CT molecular complexity index is 574. The van der Waals surface area contributed by atoms with Crippen molar-refractivity contribution in [3.63, 3.8) is 0 Å². The van der Waals surface area contributed by atoms with Crippen LogP contribution in [-0.2, 0) is 0 Å². The zero-order valence-electron chi connectivity index (χ0n) is 15.8.